The quantitative estimate of drug-likeness (QED) is 0.773. The van der Waals surface area contributed by atoms with E-state index in [0.29, 0.717) is 11.3 Å². The molecule has 5 heteroatoms. The molecule has 0 bridgehead atoms. The van der Waals surface area contributed by atoms with Crippen molar-refractivity contribution in [2.24, 2.45) is 0 Å². The van der Waals surface area contributed by atoms with Crippen LogP contribution in [0.1, 0.15) is 15.4 Å². The van der Waals surface area contributed by atoms with Crippen molar-refractivity contribution >= 4 is 33.1 Å². The standard InChI is InChI=1S/C15H11FN2OS/c1-9-17-13-7-2-10(8-14(13)20-9)15(19)18-12-5-3-11(16)4-6-12/h2-8H,1H3,(H,18,19). The Labute approximate surface area is 119 Å². The lowest BCUT2D eigenvalue weighted by molar-refractivity contribution is 0.102. The Bertz CT molecular complexity index is 780. The SMILES string of the molecule is Cc1nc2ccc(C(=O)Nc3ccc(F)cc3)cc2s1. The summed E-state index contributed by atoms with van der Waals surface area (Å²) in [6, 6.07) is 11.1. The van der Waals surface area contributed by atoms with Crippen molar-refractivity contribution in [3.05, 3.63) is 58.9 Å². The second-order valence-corrected chi connectivity index (χ2v) is 5.61. The molecule has 0 atom stereocenters. The van der Waals surface area contributed by atoms with Gasteiger partial charge in [-0.25, -0.2) is 9.37 Å². The smallest absolute Gasteiger partial charge is 0.255 e. The van der Waals surface area contributed by atoms with Crippen molar-refractivity contribution in [3.63, 3.8) is 0 Å². The fourth-order valence-corrected chi connectivity index (χ4v) is 2.78. The Morgan fingerprint density at radius 2 is 1.95 bits per heavy atom. The first-order valence-electron chi connectivity index (χ1n) is 6.06. The van der Waals surface area contributed by atoms with Gasteiger partial charge in [-0.2, -0.15) is 0 Å². The number of aromatic nitrogens is 1. The number of aryl methyl sites for hydroxylation is 1. The van der Waals surface area contributed by atoms with Crippen molar-refractivity contribution in [1.29, 1.82) is 0 Å². The molecule has 20 heavy (non-hydrogen) atoms. The molecule has 1 aromatic heterocycles. The normalized spacial score (nSPS) is 10.7. The average Bonchev–Trinajstić information content (AvgIpc) is 2.80. The van der Waals surface area contributed by atoms with Gasteiger partial charge in [-0.1, -0.05) is 0 Å². The summed E-state index contributed by atoms with van der Waals surface area (Å²) in [5.41, 5.74) is 2.02. The van der Waals surface area contributed by atoms with Crippen molar-refractivity contribution in [2.45, 2.75) is 6.92 Å². The van der Waals surface area contributed by atoms with E-state index in [1.807, 2.05) is 19.1 Å². The third-order valence-electron chi connectivity index (χ3n) is 2.86. The van der Waals surface area contributed by atoms with Crippen LogP contribution in [0, 0.1) is 12.7 Å². The van der Waals surface area contributed by atoms with Crippen LogP contribution in [0.4, 0.5) is 10.1 Å². The molecule has 3 aromatic rings. The van der Waals surface area contributed by atoms with Crippen LogP contribution in [0.15, 0.2) is 42.5 Å². The minimum absolute atomic E-state index is 0.218. The summed E-state index contributed by atoms with van der Waals surface area (Å²) in [4.78, 5) is 16.5. The molecule has 0 aliphatic heterocycles. The summed E-state index contributed by atoms with van der Waals surface area (Å²) in [6.45, 7) is 1.93. The lowest BCUT2D eigenvalue weighted by atomic mass is 10.2. The van der Waals surface area contributed by atoms with Crippen LogP contribution in [-0.4, -0.2) is 10.9 Å². The number of rotatable bonds is 2. The number of nitrogens with one attached hydrogen (secondary N) is 1. The van der Waals surface area contributed by atoms with E-state index in [1.54, 1.807) is 17.4 Å². The molecule has 0 saturated carbocycles. The maximum atomic E-state index is 12.8. The Hall–Kier alpha value is -2.27. The number of carbonyl (C=O) groups is 1. The van der Waals surface area contributed by atoms with Crippen molar-refractivity contribution < 1.29 is 9.18 Å². The van der Waals surface area contributed by atoms with E-state index in [1.165, 1.54) is 24.3 Å². The molecular weight excluding hydrogens is 275 g/mol. The summed E-state index contributed by atoms with van der Waals surface area (Å²) in [5, 5.41) is 3.70. The molecule has 3 nitrogen and oxygen atoms in total. The zero-order valence-electron chi connectivity index (χ0n) is 10.7. The second-order valence-electron chi connectivity index (χ2n) is 4.38. The van der Waals surface area contributed by atoms with Gasteiger partial charge in [-0.15, -0.1) is 11.3 Å². The maximum absolute atomic E-state index is 12.8. The first-order chi connectivity index (χ1) is 9.61. The molecule has 0 fully saturated rings. The number of hydrogen-bond acceptors (Lipinski definition) is 3. The Morgan fingerprint density at radius 3 is 2.70 bits per heavy atom. The van der Waals surface area contributed by atoms with Gasteiger partial charge < -0.3 is 5.32 Å². The van der Waals surface area contributed by atoms with Crippen LogP contribution < -0.4 is 5.32 Å². The fourth-order valence-electron chi connectivity index (χ4n) is 1.92. The van der Waals surface area contributed by atoms with Crippen LogP contribution in [0.25, 0.3) is 10.2 Å². The van der Waals surface area contributed by atoms with Crippen molar-refractivity contribution in [3.8, 4) is 0 Å². The van der Waals surface area contributed by atoms with E-state index in [2.05, 4.69) is 10.3 Å². The van der Waals surface area contributed by atoms with Crippen molar-refractivity contribution in [2.75, 3.05) is 5.32 Å². The summed E-state index contributed by atoms with van der Waals surface area (Å²) >= 11 is 1.55. The number of anilines is 1. The number of amides is 1. The first kappa shape index (κ1) is 12.7. The van der Waals surface area contributed by atoms with Gasteiger partial charge in [0, 0.05) is 11.3 Å². The third kappa shape index (κ3) is 2.53. The molecule has 2 aromatic carbocycles. The Balaban J connectivity index is 1.86. The van der Waals surface area contributed by atoms with Gasteiger partial charge in [0.2, 0.25) is 0 Å². The van der Waals surface area contributed by atoms with E-state index in [4.69, 9.17) is 0 Å². The fraction of sp³-hybridized carbons (Fsp3) is 0.0667. The predicted octanol–water partition coefficient (Wildman–Crippen LogP) is 4.00. The van der Waals surface area contributed by atoms with E-state index in [0.717, 1.165) is 15.2 Å². The summed E-state index contributed by atoms with van der Waals surface area (Å²) in [5.74, 6) is -0.547. The molecule has 3 rings (SSSR count). The second kappa shape index (κ2) is 5.02. The van der Waals surface area contributed by atoms with Gasteiger partial charge in [-0.3, -0.25) is 4.79 Å². The molecule has 1 N–H and O–H groups in total. The number of hydrogen-bond donors (Lipinski definition) is 1. The van der Waals surface area contributed by atoms with Crippen LogP contribution in [0.5, 0.6) is 0 Å². The van der Waals surface area contributed by atoms with Crippen LogP contribution in [0.3, 0.4) is 0 Å². The van der Waals surface area contributed by atoms with Gasteiger partial charge >= 0.3 is 0 Å². The van der Waals surface area contributed by atoms with E-state index in [-0.39, 0.29) is 11.7 Å². The summed E-state index contributed by atoms with van der Waals surface area (Å²) < 4.78 is 13.8. The molecule has 100 valence electrons. The molecule has 1 heterocycles. The van der Waals surface area contributed by atoms with Gasteiger partial charge in [0.25, 0.3) is 5.91 Å². The number of carbonyl (C=O) groups excluding carboxylic acids is 1. The highest BCUT2D eigenvalue weighted by molar-refractivity contribution is 7.18. The summed E-state index contributed by atoms with van der Waals surface area (Å²) in [7, 11) is 0. The topological polar surface area (TPSA) is 42.0 Å². The highest BCUT2D eigenvalue weighted by Gasteiger charge is 2.09. The van der Waals surface area contributed by atoms with Gasteiger partial charge in [0.1, 0.15) is 5.82 Å². The lowest BCUT2D eigenvalue weighted by Gasteiger charge is -2.05. The minimum Gasteiger partial charge on any atom is -0.322 e. The number of benzene rings is 2. The van der Waals surface area contributed by atoms with Gasteiger partial charge in [-0.05, 0) is 49.4 Å². The molecule has 0 unspecified atom stereocenters. The molecule has 0 radical (unpaired) electrons. The van der Waals surface area contributed by atoms with E-state index in [9.17, 15) is 9.18 Å². The zero-order chi connectivity index (χ0) is 14.1. The maximum Gasteiger partial charge on any atom is 0.255 e. The zero-order valence-corrected chi connectivity index (χ0v) is 11.5. The Morgan fingerprint density at radius 1 is 1.20 bits per heavy atom. The third-order valence-corrected chi connectivity index (χ3v) is 3.79. The minimum atomic E-state index is -0.329. The van der Waals surface area contributed by atoms with Crippen LogP contribution >= 0.6 is 11.3 Å². The Kier molecular flexibility index (Phi) is 3.20. The average molecular weight is 286 g/mol. The monoisotopic (exact) mass is 286 g/mol. The number of fused-ring (bicyclic) bond motifs is 1. The highest BCUT2D eigenvalue weighted by atomic mass is 32.1. The number of thiazole rings is 1. The van der Waals surface area contributed by atoms with Crippen molar-refractivity contribution in [1.82, 2.24) is 4.98 Å². The molecule has 0 spiro atoms. The highest BCUT2D eigenvalue weighted by Crippen LogP contribution is 2.23. The molecule has 0 saturated heterocycles. The van der Waals surface area contributed by atoms with Gasteiger partial charge in [0.05, 0.1) is 15.2 Å². The molecule has 0 aliphatic rings. The first-order valence-corrected chi connectivity index (χ1v) is 6.87. The molecule has 0 aliphatic carbocycles. The lowest BCUT2D eigenvalue weighted by Crippen LogP contribution is -2.11. The molecule has 1 amide bonds. The summed E-state index contributed by atoms with van der Waals surface area (Å²) in [6.07, 6.45) is 0. The molecular formula is C15H11FN2OS. The van der Waals surface area contributed by atoms with E-state index < -0.39 is 0 Å². The number of nitrogens with zero attached hydrogens (tertiary/aromatic N) is 1. The predicted molar refractivity (Wildman–Crippen MR) is 78.7 cm³/mol. The van der Waals surface area contributed by atoms with Gasteiger partial charge in [0.15, 0.2) is 0 Å². The number of halogens is 1. The largest absolute Gasteiger partial charge is 0.322 e. The van der Waals surface area contributed by atoms with Crippen LogP contribution in [-0.2, 0) is 0 Å². The van der Waals surface area contributed by atoms with Crippen LogP contribution in [0.2, 0.25) is 0 Å². The van der Waals surface area contributed by atoms with E-state index >= 15 is 0 Å².